The topological polar surface area (TPSA) is 105 Å². The molecule has 1 N–H and O–H groups in total. The highest BCUT2D eigenvalue weighted by molar-refractivity contribution is 7.92. The molecular formula is C31H36FN3O6S. The van der Waals surface area contributed by atoms with Gasteiger partial charge in [-0.3, -0.25) is 13.9 Å². The Morgan fingerprint density at radius 1 is 0.952 bits per heavy atom. The number of amides is 2. The summed E-state index contributed by atoms with van der Waals surface area (Å²) >= 11 is 0. The zero-order chi connectivity index (χ0) is 30.3. The Kier molecular flexibility index (Phi) is 10.1. The second-order valence-electron chi connectivity index (χ2n) is 10.4. The van der Waals surface area contributed by atoms with E-state index in [1.165, 1.54) is 30.0 Å². The molecule has 0 aliphatic carbocycles. The van der Waals surface area contributed by atoms with Gasteiger partial charge in [0, 0.05) is 25.6 Å². The van der Waals surface area contributed by atoms with Crippen molar-refractivity contribution in [2.24, 2.45) is 5.92 Å². The lowest BCUT2D eigenvalue weighted by Crippen LogP contribution is -2.53. The fraction of sp³-hybridized carbons (Fsp3) is 0.355. The molecule has 0 unspecified atom stereocenters. The van der Waals surface area contributed by atoms with Crippen molar-refractivity contribution < 1.29 is 31.9 Å². The highest BCUT2D eigenvalue weighted by Crippen LogP contribution is 2.36. The zero-order valence-corrected chi connectivity index (χ0v) is 24.8. The molecule has 1 heterocycles. The number of rotatable bonds is 13. The first-order valence-electron chi connectivity index (χ1n) is 13.8. The van der Waals surface area contributed by atoms with Gasteiger partial charge in [-0.1, -0.05) is 56.3 Å². The van der Waals surface area contributed by atoms with Crippen molar-refractivity contribution >= 4 is 27.5 Å². The van der Waals surface area contributed by atoms with Crippen LogP contribution in [0.25, 0.3) is 0 Å². The molecule has 0 fully saturated rings. The third-order valence-electron chi connectivity index (χ3n) is 6.85. The molecule has 0 saturated carbocycles. The minimum atomic E-state index is -3.92. The van der Waals surface area contributed by atoms with Crippen molar-refractivity contribution in [2.75, 3.05) is 29.9 Å². The van der Waals surface area contributed by atoms with Crippen LogP contribution >= 0.6 is 0 Å². The highest BCUT2D eigenvalue weighted by atomic mass is 32.2. The number of nitrogens with zero attached hydrogens (tertiary/aromatic N) is 2. The van der Waals surface area contributed by atoms with Gasteiger partial charge < -0.3 is 19.7 Å². The van der Waals surface area contributed by atoms with Crippen molar-refractivity contribution in [3.63, 3.8) is 0 Å². The van der Waals surface area contributed by atoms with E-state index in [4.69, 9.17) is 9.47 Å². The smallest absolute Gasteiger partial charge is 0.244 e. The molecule has 9 nitrogen and oxygen atoms in total. The lowest BCUT2D eigenvalue weighted by molar-refractivity contribution is -0.140. The number of ether oxygens (including phenoxy) is 2. The third kappa shape index (κ3) is 7.79. The van der Waals surface area contributed by atoms with Crippen molar-refractivity contribution in [2.45, 2.75) is 39.8 Å². The van der Waals surface area contributed by atoms with Gasteiger partial charge in [-0.2, -0.15) is 0 Å². The standard InChI is InChI=1S/C31H36FN3O6S/c1-4-42(38,39)35(26-14-15-28-29(17-26)41-21-40-28)20-30(36)34(19-24-10-12-25(32)13-11-24)27(31(37)33-18-22(2)3)16-23-8-6-5-7-9-23/h5-15,17,22,27H,4,16,18-21H2,1-3H3,(H,33,37)/t27-/m1/s1. The summed E-state index contributed by atoms with van der Waals surface area (Å²) in [6.45, 7) is 5.24. The number of hydrogen-bond donors (Lipinski definition) is 1. The van der Waals surface area contributed by atoms with E-state index in [0.717, 1.165) is 9.87 Å². The van der Waals surface area contributed by atoms with Crippen LogP contribution in [0.5, 0.6) is 11.5 Å². The van der Waals surface area contributed by atoms with Crippen LogP contribution in [0, 0.1) is 11.7 Å². The van der Waals surface area contributed by atoms with E-state index in [9.17, 15) is 22.4 Å². The largest absolute Gasteiger partial charge is 0.454 e. The summed E-state index contributed by atoms with van der Waals surface area (Å²) in [7, 11) is -3.92. The van der Waals surface area contributed by atoms with Gasteiger partial charge in [0.1, 0.15) is 18.4 Å². The maximum Gasteiger partial charge on any atom is 0.244 e. The number of halogens is 1. The molecule has 1 atom stereocenters. The number of sulfonamides is 1. The predicted octanol–water partition coefficient (Wildman–Crippen LogP) is 4.12. The van der Waals surface area contributed by atoms with Crippen LogP contribution in [-0.4, -0.2) is 56.8 Å². The van der Waals surface area contributed by atoms with Gasteiger partial charge in [0.05, 0.1) is 11.4 Å². The van der Waals surface area contributed by atoms with Gasteiger partial charge in [-0.05, 0) is 48.2 Å². The Morgan fingerprint density at radius 2 is 1.64 bits per heavy atom. The summed E-state index contributed by atoms with van der Waals surface area (Å²) in [5.74, 6) is -0.629. The third-order valence-corrected chi connectivity index (χ3v) is 8.59. The van der Waals surface area contributed by atoms with Crippen LogP contribution < -0.4 is 19.1 Å². The molecule has 0 spiro atoms. The van der Waals surface area contributed by atoms with E-state index in [1.807, 2.05) is 44.2 Å². The molecule has 0 radical (unpaired) electrons. The normalized spacial score (nSPS) is 13.1. The SMILES string of the molecule is CCS(=O)(=O)N(CC(=O)N(Cc1ccc(F)cc1)[C@H](Cc1ccccc1)C(=O)NCC(C)C)c1ccc2c(c1)OCO2. The molecule has 42 heavy (non-hydrogen) atoms. The first kappa shape index (κ1) is 30.8. The van der Waals surface area contributed by atoms with Crippen LogP contribution in [0.15, 0.2) is 72.8 Å². The number of carbonyl (C=O) groups is 2. The molecule has 11 heteroatoms. The number of fused-ring (bicyclic) bond motifs is 1. The van der Waals surface area contributed by atoms with Crippen LogP contribution in [0.3, 0.4) is 0 Å². The van der Waals surface area contributed by atoms with Crippen LogP contribution in [0.1, 0.15) is 31.9 Å². The second kappa shape index (κ2) is 13.7. The Balaban J connectivity index is 1.73. The molecule has 1 aliphatic heterocycles. The zero-order valence-electron chi connectivity index (χ0n) is 24.0. The molecule has 0 saturated heterocycles. The van der Waals surface area contributed by atoms with Crippen LogP contribution in [-0.2, 0) is 32.6 Å². The van der Waals surface area contributed by atoms with E-state index in [2.05, 4.69) is 5.32 Å². The van der Waals surface area contributed by atoms with Crippen molar-refractivity contribution in [3.05, 3.63) is 89.7 Å². The summed E-state index contributed by atoms with van der Waals surface area (Å²) in [4.78, 5) is 29.2. The summed E-state index contributed by atoms with van der Waals surface area (Å²) in [5, 5.41) is 2.93. The Hall–Kier alpha value is -4.12. The van der Waals surface area contributed by atoms with E-state index in [-0.39, 0.29) is 43.0 Å². The van der Waals surface area contributed by atoms with E-state index >= 15 is 0 Å². The minimum Gasteiger partial charge on any atom is -0.454 e. The Bertz CT molecular complexity index is 1480. The average Bonchev–Trinajstić information content (AvgIpc) is 3.46. The quantitative estimate of drug-likeness (QED) is 0.318. The van der Waals surface area contributed by atoms with E-state index in [0.29, 0.717) is 23.6 Å². The van der Waals surface area contributed by atoms with Crippen molar-refractivity contribution in [1.82, 2.24) is 10.2 Å². The molecule has 3 aromatic rings. The molecular weight excluding hydrogens is 561 g/mol. The molecule has 224 valence electrons. The summed E-state index contributed by atoms with van der Waals surface area (Å²) < 4.78 is 52.1. The Morgan fingerprint density at radius 3 is 2.31 bits per heavy atom. The minimum absolute atomic E-state index is 0.0103. The lowest BCUT2D eigenvalue weighted by Gasteiger charge is -2.34. The number of nitrogens with one attached hydrogen (secondary N) is 1. The van der Waals surface area contributed by atoms with Gasteiger partial charge in [0.2, 0.25) is 28.6 Å². The maximum atomic E-state index is 14.2. The maximum absolute atomic E-state index is 14.2. The fourth-order valence-corrected chi connectivity index (χ4v) is 5.58. The van der Waals surface area contributed by atoms with Gasteiger partial charge in [0.25, 0.3) is 0 Å². The van der Waals surface area contributed by atoms with Gasteiger partial charge in [0.15, 0.2) is 11.5 Å². The number of anilines is 1. The molecule has 0 aromatic heterocycles. The Labute approximate surface area is 246 Å². The number of hydrogen-bond acceptors (Lipinski definition) is 6. The first-order chi connectivity index (χ1) is 20.1. The predicted molar refractivity (Wildman–Crippen MR) is 158 cm³/mol. The monoisotopic (exact) mass is 597 g/mol. The highest BCUT2D eigenvalue weighted by Gasteiger charge is 2.34. The molecule has 1 aliphatic rings. The fourth-order valence-electron chi connectivity index (χ4n) is 4.52. The summed E-state index contributed by atoms with van der Waals surface area (Å²) in [6, 6.07) is 18.6. The molecule has 2 amide bonds. The van der Waals surface area contributed by atoms with Crippen LogP contribution in [0.2, 0.25) is 0 Å². The van der Waals surface area contributed by atoms with Crippen molar-refractivity contribution in [1.29, 1.82) is 0 Å². The van der Waals surface area contributed by atoms with Crippen LogP contribution in [0.4, 0.5) is 10.1 Å². The van der Waals surface area contributed by atoms with Gasteiger partial charge >= 0.3 is 0 Å². The average molecular weight is 598 g/mol. The number of carbonyl (C=O) groups excluding carboxylic acids is 2. The van der Waals surface area contributed by atoms with E-state index < -0.39 is 34.3 Å². The lowest BCUT2D eigenvalue weighted by atomic mass is 10.0. The molecule has 3 aromatic carbocycles. The first-order valence-corrected chi connectivity index (χ1v) is 15.4. The van der Waals surface area contributed by atoms with E-state index in [1.54, 1.807) is 24.3 Å². The molecule has 4 rings (SSSR count). The van der Waals surface area contributed by atoms with Crippen molar-refractivity contribution in [3.8, 4) is 11.5 Å². The van der Waals surface area contributed by atoms with Gasteiger partial charge in [-0.15, -0.1) is 0 Å². The summed E-state index contributed by atoms with van der Waals surface area (Å²) in [6.07, 6.45) is 0.197. The van der Waals surface area contributed by atoms with Gasteiger partial charge in [-0.25, -0.2) is 12.8 Å². The molecule has 0 bridgehead atoms. The second-order valence-corrected chi connectivity index (χ2v) is 12.6. The summed E-state index contributed by atoms with van der Waals surface area (Å²) in [5.41, 5.74) is 1.65. The number of benzene rings is 3.